The van der Waals surface area contributed by atoms with Crippen LogP contribution in [0.25, 0.3) is 0 Å². The van der Waals surface area contributed by atoms with Crippen LogP contribution in [0.4, 0.5) is 5.69 Å². The third-order valence-electron chi connectivity index (χ3n) is 2.97. The van der Waals surface area contributed by atoms with Crippen LogP contribution in [0.15, 0.2) is 24.3 Å². The Balaban J connectivity index is 3.07. The largest absolute Gasteiger partial charge is 0.465 e. The first-order valence-electron chi connectivity index (χ1n) is 7.36. The minimum Gasteiger partial charge on any atom is -0.465 e. The summed E-state index contributed by atoms with van der Waals surface area (Å²) in [6.45, 7) is 5.69. The van der Waals surface area contributed by atoms with Crippen LogP contribution in [-0.4, -0.2) is 31.4 Å². The Hall–Kier alpha value is -1.36. The molecule has 1 rings (SSSR count). The van der Waals surface area contributed by atoms with Gasteiger partial charge in [0.1, 0.15) is 0 Å². The molecule has 0 aliphatic carbocycles. The third kappa shape index (κ3) is 5.13. The van der Waals surface area contributed by atoms with Crippen LogP contribution in [0.5, 0.6) is 0 Å². The molecular formula is C15H24NO5P. The zero-order valence-electron chi connectivity index (χ0n) is 13.3. The standard InChI is InChI=1S/C15H24NO5P/c1-4-19-15(17)14(22(18,20-5-2)21-6-3)11-12-7-9-13(16)10-8-12/h7-10,14H,4-6,11,16H2,1-3H3. The molecule has 22 heavy (non-hydrogen) atoms. The maximum absolute atomic E-state index is 12.9. The Kier molecular flexibility index (Phi) is 7.59. The number of nitrogen functional groups attached to an aromatic ring is 1. The Bertz CT molecular complexity index is 507. The molecule has 0 fully saturated rings. The van der Waals surface area contributed by atoms with E-state index in [1.807, 2.05) is 0 Å². The molecule has 0 aliphatic rings. The van der Waals surface area contributed by atoms with E-state index in [4.69, 9.17) is 19.5 Å². The summed E-state index contributed by atoms with van der Waals surface area (Å²) >= 11 is 0. The van der Waals surface area contributed by atoms with Gasteiger partial charge in [-0.25, -0.2) is 0 Å². The first-order valence-corrected chi connectivity index (χ1v) is 8.97. The second kappa shape index (κ2) is 8.93. The normalized spacial score (nSPS) is 12.9. The fraction of sp³-hybridized carbons (Fsp3) is 0.533. The highest BCUT2D eigenvalue weighted by molar-refractivity contribution is 7.55. The average molecular weight is 329 g/mol. The quantitative estimate of drug-likeness (QED) is 0.426. The number of anilines is 1. The van der Waals surface area contributed by atoms with Crippen molar-refractivity contribution in [2.45, 2.75) is 32.9 Å². The highest BCUT2D eigenvalue weighted by Crippen LogP contribution is 2.54. The van der Waals surface area contributed by atoms with Crippen molar-refractivity contribution < 1.29 is 23.1 Å². The number of ether oxygens (including phenoxy) is 1. The summed E-state index contributed by atoms with van der Waals surface area (Å²) in [7, 11) is -3.60. The van der Waals surface area contributed by atoms with E-state index in [1.54, 1.807) is 45.0 Å². The lowest BCUT2D eigenvalue weighted by molar-refractivity contribution is -0.143. The van der Waals surface area contributed by atoms with E-state index in [9.17, 15) is 9.36 Å². The highest BCUT2D eigenvalue weighted by Gasteiger charge is 2.42. The van der Waals surface area contributed by atoms with Gasteiger partial charge in [-0.2, -0.15) is 0 Å². The average Bonchev–Trinajstić information content (AvgIpc) is 2.47. The van der Waals surface area contributed by atoms with E-state index in [1.165, 1.54) is 0 Å². The molecule has 0 heterocycles. The third-order valence-corrected chi connectivity index (χ3v) is 5.36. The van der Waals surface area contributed by atoms with Crippen molar-refractivity contribution in [3.05, 3.63) is 29.8 Å². The number of esters is 1. The van der Waals surface area contributed by atoms with E-state index in [0.717, 1.165) is 5.56 Å². The van der Waals surface area contributed by atoms with E-state index < -0.39 is 19.2 Å². The van der Waals surface area contributed by atoms with Gasteiger partial charge in [0.25, 0.3) is 0 Å². The Labute approximate surface area is 131 Å². The second-order valence-electron chi connectivity index (χ2n) is 4.59. The van der Waals surface area contributed by atoms with E-state index in [-0.39, 0.29) is 26.2 Å². The molecule has 1 aromatic rings. The predicted molar refractivity (Wildman–Crippen MR) is 85.8 cm³/mol. The molecule has 1 aromatic carbocycles. The smallest absolute Gasteiger partial charge is 0.345 e. The minimum absolute atomic E-state index is 0.189. The Morgan fingerprint density at radius 1 is 1.09 bits per heavy atom. The summed E-state index contributed by atoms with van der Waals surface area (Å²) in [5, 5.41) is 0. The van der Waals surface area contributed by atoms with Crippen LogP contribution >= 0.6 is 7.60 Å². The summed E-state index contributed by atoms with van der Waals surface area (Å²) in [6, 6.07) is 7.02. The van der Waals surface area contributed by atoms with Gasteiger partial charge >= 0.3 is 13.6 Å². The number of nitrogens with two attached hydrogens (primary N) is 1. The second-order valence-corrected chi connectivity index (χ2v) is 6.81. The minimum atomic E-state index is -3.60. The number of carbonyl (C=O) groups excluding carboxylic acids is 1. The molecule has 0 aromatic heterocycles. The van der Waals surface area contributed by atoms with Crippen LogP contribution in [0.3, 0.4) is 0 Å². The van der Waals surface area contributed by atoms with Crippen molar-refractivity contribution in [3.8, 4) is 0 Å². The number of hydrogen-bond acceptors (Lipinski definition) is 6. The molecule has 1 unspecified atom stereocenters. The Morgan fingerprint density at radius 3 is 2.09 bits per heavy atom. The van der Waals surface area contributed by atoms with Crippen molar-refractivity contribution in [1.29, 1.82) is 0 Å². The molecule has 0 amide bonds. The molecule has 0 aliphatic heterocycles. The van der Waals surface area contributed by atoms with Crippen LogP contribution in [0.2, 0.25) is 0 Å². The van der Waals surface area contributed by atoms with Crippen molar-refractivity contribution in [3.63, 3.8) is 0 Å². The summed E-state index contributed by atoms with van der Waals surface area (Å²) in [6.07, 6.45) is 0.205. The van der Waals surface area contributed by atoms with Crippen LogP contribution in [-0.2, 0) is 29.6 Å². The van der Waals surface area contributed by atoms with Gasteiger partial charge in [-0.3, -0.25) is 9.36 Å². The zero-order chi connectivity index (χ0) is 16.6. The van der Waals surface area contributed by atoms with Gasteiger partial charge in [0.2, 0.25) is 0 Å². The SMILES string of the molecule is CCOC(=O)C(Cc1ccc(N)cc1)P(=O)(OCC)OCC. The van der Waals surface area contributed by atoms with Crippen LogP contribution < -0.4 is 5.73 Å². The first-order chi connectivity index (χ1) is 10.5. The van der Waals surface area contributed by atoms with Gasteiger partial charge in [-0.1, -0.05) is 12.1 Å². The summed E-state index contributed by atoms with van der Waals surface area (Å²) < 4.78 is 28.6. The number of carbonyl (C=O) groups is 1. The predicted octanol–water partition coefficient (Wildman–Crippen LogP) is 3.01. The van der Waals surface area contributed by atoms with E-state index in [0.29, 0.717) is 5.69 Å². The molecule has 0 spiro atoms. The monoisotopic (exact) mass is 329 g/mol. The van der Waals surface area contributed by atoms with Crippen LogP contribution in [0, 0.1) is 0 Å². The van der Waals surface area contributed by atoms with E-state index in [2.05, 4.69) is 0 Å². The van der Waals surface area contributed by atoms with Gasteiger partial charge in [0.15, 0.2) is 5.66 Å². The van der Waals surface area contributed by atoms with E-state index >= 15 is 0 Å². The van der Waals surface area contributed by atoms with Gasteiger partial charge in [-0.05, 0) is 44.9 Å². The lowest BCUT2D eigenvalue weighted by atomic mass is 10.1. The number of benzene rings is 1. The molecule has 7 heteroatoms. The zero-order valence-corrected chi connectivity index (χ0v) is 14.2. The van der Waals surface area contributed by atoms with Gasteiger partial charge in [-0.15, -0.1) is 0 Å². The molecular weight excluding hydrogens is 305 g/mol. The molecule has 0 radical (unpaired) electrons. The van der Waals surface area contributed by atoms with Crippen molar-refractivity contribution in [1.82, 2.24) is 0 Å². The molecule has 0 saturated heterocycles. The molecule has 0 saturated carbocycles. The van der Waals surface area contributed by atoms with Crippen LogP contribution in [0.1, 0.15) is 26.3 Å². The fourth-order valence-corrected chi connectivity index (χ4v) is 3.94. The van der Waals surface area contributed by atoms with Crippen molar-refractivity contribution in [2.75, 3.05) is 25.6 Å². The molecule has 124 valence electrons. The highest BCUT2D eigenvalue weighted by atomic mass is 31.2. The molecule has 1 atom stereocenters. The summed E-state index contributed by atoms with van der Waals surface area (Å²) in [5.74, 6) is -0.579. The van der Waals surface area contributed by atoms with Crippen molar-refractivity contribution in [2.24, 2.45) is 0 Å². The molecule has 0 bridgehead atoms. The maximum Gasteiger partial charge on any atom is 0.345 e. The molecule has 6 nitrogen and oxygen atoms in total. The summed E-state index contributed by atoms with van der Waals surface area (Å²) in [5.41, 5.74) is 6.09. The lowest BCUT2D eigenvalue weighted by Gasteiger charge is -2.24. The number of rotatable bonds is 9. The molecule has 2 N–H and O–H groups in total. The van der Waals surface area contributed by atoms with Gasteiger partial charge in [0.05, 0.1) is 19.8 Å². The fourth-order valence-electron chi connectivity index (χ4n) is 2.02. The van der Waals surface area contributed by atoms with Crippen molar-refractivity contribution >= 4 is 19.3 Å². The maximum atomic E-state index is 12.9. The van der Waals surface area contributed by atoms with Gasteiger partial charge in [0, 0.05) is 5.69 Å². The lowest BCUT2D eigenvalue weighted by Crippen LogP contribution is -2.28. The van der Waals surface area contributed by atoms with Gasteiger partial charge < -0.3 is 19.5 Å². The number of hydrogen-bond donors (Lipinski definition) is 1. The topological polar surface area (TPSA) is 87.9 Å². The summed E-state index contributed by atoms with van der Waals surface area (Å²) in [4.78, 5) is 12.2. The first kappa shape index (κ1) is 18.7. The Morgan fingerprint density at radius 2 is 1.64 bits per heavy atom.